The summed E-state index contributed by atoms with van der Waals surface area (Å²) >= 11 is 0. The maximum atomic E-state index is 13.4. The van der Waals surface area contributed by atoms with Gasteiger partial charge < -0.3 is 4.74 Å². The van der Waals surface area contributed by atoms with Gasteiger partial charge >= 0.3 is 6.03 Å². The van der Waals surface area contributed by atoms with E-state index in [0.29, 0.717) is 15.7 Å². The van der Waals surface area contributed by atoms with Gasteiger partial charge in [-0.25, -0.2) is 17.5 Å². The minimum absolute atomic E-state index is 0.00483. The third kappa shape index (κ3) is 3.97. The Morgan fingerprint density at radius 3 is 2.38 bits per heavy atom. The van der Waals surface area contributed by atoms with Gasteiger partial charge in [-0.05, 0) is 48.9 Å². The summed E-state index contributed by atoms with van der Waals surface area (Å²) in [6.07, 6.45) is 0. The number of fused-ring (bicyclic) bond motifs is 1. The molecule has 1 aliphatic rings. The molecule has 0 atom stereocenters. The number of aryl methyl sites for hydroxylation is 1. The lowest BCUT2D eigenvalue weighted by Gasteiger charge is -2.36. The van der Waals surface area contributed by atoms with Gasteiger partial charge in [0.25, 0.3) is 10.0 Å². The summed E-state index contributed by atoms with van der Waals surface area (Å²) in [5.41, 5.74) is 2.47. The first-order valence-corrected chi connectivity index (χ1v) is 11.4. The highest BCUT2D eigenvalue weighted by atomic mass is 32.2. The summed E-state index contributed by atoms with van der Waals surface area (Å²) in [7, 11) is -2.67. The summed E-state index contributed by atoms with van der Waals surface area (Å²) in [6.45, 7) is 1.53. The van der Waals surface area contributed by atoms with Crippen molar-refractivity contribution in [2.45, 2.75) is 18.4 Å². The zero-order valence-corrected chi connectivity index (χ0v) is 18.5. The van der Waals surface area contributed by atoms with Crippen LogP contribution in [0.2, 0.25) is 0 Å². The first-order chi connectivity index (χ1) is 15.3. The van der Waals surface area contributed by atoms with Crippen LogP contribution in [0.5, 0.6) is 5.75 Å². The molecule has 164 valence electrons. The van der Waals surface area contributed by atoms with Crippen molar-refractivity contribution in [1.82, 2.24) is 4.31 Å². The number of Topliss-reactive ketones (excluding diaryl/α,β-unsaturated/α-hetero) is 1. The van der Waals surface area contributed by atoms with Gasteiger partial charge in [-0.15, -0.1) is 0 Å². The lowest BCUT2D eigenvalue weighted by atomic mass is 10.1. The van der Waals surface area contributed by atoms with E-state index in [1.54, 1.807) is 42.5 Å². The molecule has 32 heavy (non-hydrogen) atoms. The van der Waals surface area contributed by atoms with E-state index in [9.17, 15) is 18.0 Å². The molecule has 2 amide bonds. The van der Waals surface area contributed by atoms with Crippen LogP contribution in [-0.4, -0.2) is 38.2 Å². The number of amides is 2. The molecule has 0 aromatic heterocycles. The molecule has 8 heteroatoms. The minimum atomic E-state index is -4.18. The van der Waals surface area contributed by atoms with Crippen LogP contribution < -0.4 is 9.64 Å². The Labute approximate surface area is 186 Å². The van der Waals surface area contributed by atoms with Gasteiger partial charge in [0, 0.05) is 5.56 Å². The van der Waals surface area contributed by atoms with Crippen LogP contribution in [0.15, 0.2) is 77.7 Å². The predicted molar refractivity (Wildman–Crippen MR) is 120 cm³/mol. The van der Waals surface area contributed by atoms with Gasteiger partial charge in [0.05, 0.1) is 19.3 Å². The number of sulfonamides is 1. The molecule has 1 heterocycles. The highest BCUT2D eigenvalue weighted by Gasteiger charge is 2.42. The number of para-hydroxylation sites is 1. The largest absolute Gasteiger partial charge is 0.497 e. The zero-order valence-electron chi connectivity index (χ0n) is 17.7. The Morgan fingerprint density at radius 1 is 0.969 bits per heavy atom. The molecule has 0 fully saturated rings. The molecule has 0 N–H and O–H groups in total. The van der Waals surface area contributed by atoms with Crippen LogP contribution >= 0.6 is 0 Å². The molecule has 0 unspecified atom stereocenters. The van der Waals surface area contributed by atoms with Crippen molar-refractivity contribution in [2.24, 2.45) is 0 Å². The topological polar surface area (TPSA) is 84.0 Å². The van der Waals surface area contributed by atoms with Crippen molar-refractivity contribution in [1.29, 1.82) is 0 Å². The van der Waals surface area contributed by atoms with E-state index in [-0.39, 0.29) is 17.0 Å². The first-order valence-electron chi connectivity index (χ1n) is 9.97. The Bertz CT molecular complexity index is 1290. The van der Waals surface area contributed by atoms with Gasteiger partial charge in [-0.1, -0.05) is 42.0 Å². The smallest absolute Gasteiger partial charge is 0.339 e. The van der Waals surface area contributed by atoms with Gasteiger partial charge in [0.15, 0.2) is 5.78 Å². The molecule has 3 aromatic rings. The molecule has 0 aliphatic carbocycles. The molecule has 0 saturated heterocycles. The van der Waals surface area contributed by atoms with E-state index in [4.69, 9.17) is 4.74 Å². The Kier molecular flexibility index (Phi) is 5.71. The monoisotopic (exact) mass is 450 g/mol. The summed E-state index contributed by atoms with van der Waals surface area (Å²) in [5, 5.41) is 0. The Balaban J connectivity index is 1.70. The Morgan fingerprint density at radius 2 is 1.69 bits per heavy atom. The van der Waals surface area contributed by atoms with Crippen molar-refractivity contribution in [3.8, 4) is 5.75 Å². The molecule has 0 saturated carbocycles. The molecule has 1 aliphatic heterocycles. The maximum absolute atomic E-state index is 13.4. The number of hydrogen-bond donors (Lipinski definition) is 0. The van der Waals surface area contributed by atoms with E-state index in [1.807, 2.05) is 31.2 Å². The van der Waals surface area contributed by atoms with E-state index in [1.165, 1.54) is 18.1 Å². The van der Waals surface area contributed by atoms with Crippen molar-refractivity contribution in [2.75, 3.05) is 18.6 Å². The molecular formula is C24H22N2O5S. The van der Waals surface area contributed by atoms with Crippen LogP contribution in [0.3, 0.4) is 0 Å². The third-order valence-corrected chi connectivity index (χ3v) is 7.06. The van der Waals surface area contributed by atoms with E-state index < -0.39 is 28.4 Å². The van der Waals surface area contributed by atoms with Crippen molar-refractivity contribution >= 4 is 27.5 Å². The molecule has 3 aromatic carbocycles. The molecule has 7 nitrogen and oxygen atoms in total. The van der Waals surface area contributed by atoms with Crippen LogP contribution in [0.4, 0.5) is 10.5 Å². The number of benzene rings is 3. The number of rotatable bonds is 6. The van der Waals surface area contributed by atoms with E-state index >= 15 is 0 Å². The van der Waals surface area contributed by atoms with Gasteiger partial charge in [0.2, 0.25) is 0 Å². The number of nitrogens with zero attached hydrogens (tertiary/aromatic N) is 2. The van der Waals surface area contributed by atoms with Crippen LogP contribution in [0.1, 0.15) is 21.5 Å². The molecule has 0 radical (unpaired) electrons. The Hall–Kier alpha value is -3.65. The number of carbonyl (C=O) groups is 2. The van der Waals surface area contributed by atoms with Crippen LogP contribution in [0.25, 0.3) is 0 Å². The highest BCUT2D eigenvalue weighted by Crippen LogP contribution is 2.35. The van der Waals surface area contributed by atoms with Gasteiger partial charge in [-0.2, -0.15) is 0 Å². The number of hydrogen-bond acceptors (Lipinski definition) is 5. The average Bonchev–Trinajstić information content (AvgIpc) is 2.79. The fourth-order valence-corrected chi connectivity index (χ4v) is 5.18. The number of carbonyl (C=O) groups excluding carboxylic acids is 2. The van der Waals surface area contributed by atoms with Crippen molar-refractivity contribution < 1.29 is 22.7 Å². The molecule has 4 rings (SSSR count). The van der Waals surface area contributed by atoms with Gasteiger partial charge in [-0.3, -0.25) is 9.69 Å². The van der Waals surface area contributed by atoms with Gasteiger partial charge in [0.1, 0.15) is 17.2 Å². The lowest BCUT2D eigenvalue weighted by Crippen LogP contribution is -2.52. The molecule has 0 bridgehead atoms. The normalized spacial score (nSPS) is 14.8. The predicted octanol–water partition coefficient (Wildman–Crippen LogP) is 4.02. The lowest BCUT2D eigenvalue weighted by molar-refractivity contribution is 0.0971. The summed E-state index contributed by atoms with van der Waals surface area (Å²) in [5.74, 6) is 0.0842. The summed E-state index contributed by atoms with van der Waals surface area (Å²) in [6, 6.07) is 19.5. The number of urea groups is 1. The van der Waals surface area contributed by atoms with E-state index in [0.717, 1.165) is 11.1 Å². The fourth-order valence-electron chi connectivity index (χ4n) is 3.65. The molecular weight excluding hydrogens is 428 g/mol. The molecule has 0 spiro atoms. The standard InChI is InChI=1S/C24H22N2O5S/c1-17-6-5-7-18(14-17)15-25-21-8-3-4-9-23(21)32(29,30)26(24(25)28)16-22(27)19-10-12-20(31-2)13-11-19/h3-14H,15-16H2,1-2H3. The third-order valence-electron chi connectivity index (χ3n) is 5.29. The highest BCUT2D eigenvalue weighted by molar-refractivity contribution is 7.90. The quantitative estimate of drug-likeness (QED) is 0.530. The van der Waals surface area contributed by atoms with Crippen LogP contribution in [-0.2, 0) is 16.6 Å². The fraction of sp³-hybridized carbons (Fsp3) is 0.167. The summed E-state index contributed by atoms with van der Waals surface area (Å²) in [4.78, 5) is 27.6. The second kappa shape index (κ2) is 8.47. The van der Waals surface area contributed by atoms with E-state index in [2.05, 4.69) is 0 Å². The number of anilines is 1. The number of ketones is 1. The zero-order chi connectivity index (χ0) is 22.9. The van der Waals surface area contributed by atoms with Crippen LogP contribution in [0, 0.1) is 6.92 Å². The van der Waals surface area contributed by atoms with Crippen molar-refractivity contribution in [3.63, 3.8) is 0 Å². The van der Waals surface area contributed by atoms with Crippen molar-refractivity contribution in [3.05, 3.63) is 89.5 Å². The first kappa shape index (κ1) is 21.6. The number of methoxy groups -OCH3 is 1. The minimum Gasteiger partial charge on any atom is -0.497 e. The summed E-state index contributed by atoms with van der Waals surface area (Å²) < 4.78 is 32.2. The number of ether oxygens (including phenoxy) is 1. The average molecular weight is 451 g/mol. The SMILES string of the molecule is COc1ccc(C(=O)CN2C(=O)N(Cc3cccc(C)c3)c3ccccc3S2(=O)=O)cc1. The maximum Gasteiger partial charge on any atom is 0.339 e. The second-order valence-electron chi connectivity index (χ2n) is 7.49. The second-order valence-corrected chi connectivity index (χ2v) is 9.32.